The number of hydrogen-bond donors (Lipinski definition) is 1. The number of hydrogen-bond acceptors (Lipinski definition) is 2. The van der Waals surface area contributed by atoms with Gasteiger partial charge in [-0.1, -0.05) is 35.9 Å². The number of benzene rings is 2. The van der Waals surface area contributed by atoms with Gasteiger partial charge in [0.05, 0.1) is 5.02 Å². The molecule has 2 nitrogen and oxygen atoms in total. The highest BCUT2D eigenvalue weighted by Gasteiger charge is 2.20. The minimum absolute atomic E-state index is 0.0798. The molecule has 1 saturated carbocycles. The fraction of sp³-hybridized carbons (Fsp3) is 0.294. The van der Waals surface area contributed by atoms with Gasteiger partial charge in [-0.05, 0) is 36.1 Å². The topological polar surface area (TPSA) is 21.3 Å². The summed E-state index contributed by atoms with van der Waals surface area (Å²) in [7, 11) is 0. The molecule has 0 radical (unpaired) electrons. The maximum Gasteiger partial charge on any atom is 0.142 e. The van der Waals surface area contributed by atoms with Crippen LogP contribution in [-0.2, 0) is 13.2 Å². The standard InChI is InChI=1S/C17H17ClFNO/c18-16-9-15(7-8-17(16)19)21-11-13-4-2-1-3-12(13)10-20-14-5-6-14/h1-4,7-9,14,20H,5-6,10-11H2. The molecule has 110 valence electrons. The van der Waals surface area contributed by atoms with Crippen molar-refractivity contribution >= 4 is 11.6 Å². The SMILES string of the molecule is Fc1ccc(OCc2ccccc2CNC2CC2)cc1Cl. The van der Waals surface area contributed by atoms with Gasteiger partial charge in [0.1, 0.15) is 18.2 Å². The molecule has 0 unspecified atom stereocenters. The lowest BCUT2D eigenvalue weighted by Crippen LogP contribution is -2.16. The minimum Gasteiger partial charge on any atom is -0.489 e. The third-order valence-corrected chi connectivity index (χ3v) is 3.85. The molecule has 1 fully saturated rings. The van der Waals surface area contributed by atoms with Crippen LogP contribution >= 0.6 is 11.6 Å². The van der Waals surface area contributed by atoms with Crippen molar-refractivity contribution in [3.8, 4) is 5.75 Å². The van der Waals surface area contributed by atoms with Crippen molar-refractivity contribution in [3.05, 3.63) is 64.4 Å². The van der Waals surface area contributed by atoms with Gasteiger partial charge in [0.25, 0.3) is 0 Å². The van der Waals surface area contributed by atoms with Crippen LogP contribution in [0.15, 0.2) is 42.5 Å². The highest BCUT2D eigenvalue weighted by Crippen LogP contribution is 2.23. The van der Waals surface area contributed by atoms with Gasteiger partial charge >= 0.3 is 0 Å². The van der Waals surface area contributed by atoms with Crippen LogP contribution in [-0.4, -0.2) is 6.04 Å². The van der Waals surface area contributed by atoms with Crippen LogP contribution in [0.4, 0.5) is 4.39 Å². The van der Waals surface area contributed by atoms with Gasteiger partial charge in [-0.15, -0.1) is 0 Å². The van der Waals surface area contributed by atoms with E-state index in [4.69, 9.17) is 16.3 Å². The van der Waals surface area contributed by atoms with E-state index in [0.717, 1.165) is 12.1 Å². The van der Waals surface area contributed by atoms with Crippen LogP contribution in [0.2, 0.25) is 5.02 Å². The number of ether oxygens (including phenoxy) is 1. The second-order valence-electron chi connectivity index (χ2n) is 5.29. The third-order valence-electron chi connectivity index (χ3n) is 3.56. The van der Waals surface area contributed by atoms with Crippen molar-refractivity contribution < 1.29 is 9.13 Å². The quantitative estimate of drug-likeness (QED) is 0.858. The van der Waals surface area contributed by atoms with E-state index in [1.54, 1.807) is 6.07 Å². The maximum atomic E-state index is 13.1. The molecule has 1 aliphatic carbocycles. The molecule has 3 rings (SSSR count). The second-order valence-corrected chi connectivity index (χ2v) is 5.70. The summed E-state index contributed by atoms with van der Waals surface area (Å²) in [5, 5.41) is 3.58. The second kappa shape index (κ2) is 6.46. The van der Waals surface area contributed by atoms with Crippen LogP contribution in [0.1, 0.15) is 24.0 Å². The summed E-state index contributed by atoms with van der Waals surface area (Å²) in [6.07, 6.45) is 2.54. The minimum atomic E-state index is -0.432. The van der Waals surface area contributed by atoms with Crippen molar-refractivity contribution in [1.82, 2.24) is 5.32 Å². The Hall–Kier alpha value is -1.58. The van der Waals surface area contributed by atoms with Gasteiger partial charge in [0.2, 0.25) is 0 Å². The fourth-order valence-corrected chi connectivity index (χ4v) is 2.31. The summed E-state index contributed by atoms with van der Waals surface area (Å²) < 4.78 is 18.8. The Balaban J connectivity index is 1.64. The van der Waals surface area contributed by atoms with Crippen molar-refractivity contribution in [3.63, 3.8) is 0 Å². The Morgan fingerprint density at radius 1 is 1.14 bits per heavy atom. The van der Waals surface area contributed by atoms with Crippen molar-refractivity contribution in [2.45, 2.75) is 32.0 Å². The third kappa shape index (κ3) is 3.96. The normalized spacial score (nSPS) is 14.2. The summed E-state index contributed by atoms with van der Waals surface area (Å²) in [6.45, 7) is 1.30. The Bertz CT molecular complexity index is 628. The fourth-order valence-electron chi connectivity index (χ4n) is 2.14. The molecule has 0 saturated heterocycles. The first-order valence-corrected chi connectivity index (χ1v) is 7.48. The molecule has 1 N–H and O–H groups in total. The summed E-state index contributed by atoms with van der Waals surface area (Å²) >= 11 is 5.75. The zero-order valence-corrected chi connectivity index (χ0v) is 12.4. The van der Waals surface area contributed by atoms with Gasteiger partial charge in [-0.2, -0.15) is 0 Å². The Morgan fingerprint density at radius 2 is 1.90 bits per heavy atom. The first-order valence-electron chi connectivity index (χ1n) is 7.10. The van der Waals surface area contributed by atoms with Crippen LogP contribution in [0.5, 0.6) is 5.75 Å². The summed E-state index contributed by atoms with van der Waals surface area (Å²) in [5.41, 5.74) is 2.36. The lowest BCUT2D eigenvalue weighted by molar-refractivity contribution is 0.304. The van der Waals surface area contributed by atoms with E-state index in [-0.39, 0.29) is 5.02 Å². The summed E-state index contributed by atoms with van der Waals surface area (Å²) in [5.74, 6) is 0.143. The molecule has 0 amide bonds. The van der Waals surface area contributed by atoms with Crippen molar-refractivity contribution in [2.75, 3.05) is 0 Å². The Kier molecular flexibility index (Phi) is 4.42. The molecule has 4 heteroatoms. The zero-order chi connectivity index (χ0) is 14.7. The van der Waals surface area contributed by atoms with E-state index in [0.29, 0.717) is 18.4 Å². The van der Waals surface area contributed by atoms with Gasteiger partial charge < -0.3 is 10.1 Å². The van der Waals surface area contributed by atoms with Gasteiger partial charge in [-0.25, -0.2) is 4.39 Å². The number of rotatable bonds is 6. The van der Waals surface area contributed by atoms with Crippen molar-refractivity contribution in [1.29, 1.82) is 0 Å². The van der Waals surface area contributed by atoms with E-state index >= 15 is 0 Å². The summed E-state index contributed by atoms with van der Waals surface area (Å²) in [6, 6.07) is 13.3. The molecule has 0 aliphatic heterocycles. The zero-order valence-electron chi connectivity index (χ0n) is 11.6. The molecule has 1 aliphatic rings. The van der Waals surface area contributed by atoms with E-state index in [1.165, 1.54) is 30.5 Å². The molecule has 0 spiro atoms. The highest BCUT2D eigenvalue weighted by atomic mass is 35.5. The van der Waals surface area contributed by atoms with Crippen LogP contribution in [0.25, 0.3) is 0 Å². The van der Waals surface area contributed by atoms with Crippen LogP contribution in [0, 0.1) is 5.82 Å². The molecule has 21 heavy (non-hydrogen) atoms. The van der Waals surface area contributed by atoms with Crippen LogP contribution < -0.4 is 10.1 Å². The maximum absolute atomic E-state index is 13.1. The van der Waals surface area contributed by atoms with E-state index in [1.807, 2.05) is 12.1 Å². The van der Waals surface area contributed by atoms with Gasteiger partial charge in [0, 0.05) is 18.7 Å². The van der Waals surface area contributed by atoms with E-state index in [9.17, 15) is 4.39 Å². The lowest BCUT2D eigenvalue weighted by Gasteiger charge is -2.12. The Morgan fingerprint density at radius 3 is 2.62 bits per heavy atom. The van der Waals surface area contributed by atoms with E-state index < -0.39 is 5.82 Å². The predicted molar refractivity (Wildman–Crippen MR) is 82.0 cm³/mol. The Labute approximate surface area is 128 Å². The molecular formula is C17H17ClFNO. The molecule has 2 aromatic carbocycles. The van der Waals surface area contributed by atoms with E-state index in [2.05, 4.69) is 17.4 Å². The largest absolute Gasteiger partial charge is 0.489 e. The molecule has 0 bridgehead atoms. The number of halogens is 2. The molecule has 0 atom stereocenters. The first-order chi connectivity index (χ1) is 10.2. The average molecular weight is 306 g/mol. The molecule has 2 aromatic rings. The summed E-state index contributed by atoms with van der Waals surface area (Å²) in [4.78, 5) is 0. The number of nitrogens with one attached hydrogen (secondary N) is 1. The molecule has 0 aromatic heterocycles. The van der Waals surface area contributed by atoms with Crippen molar-refractivity contribution in [2.24, 2.45) is 0 Å². The highest BCUT2D eigenvalue weighted by molar-refractivity contribution is 6.30. The average Bonchev–Trinajstić information content (AvgIpc) is 3.31. The first kappa shape index (κ1) is 14.4. The van der Waals surface area contributed by atoms with Crippen LogP contribution in [0.3, 0.4) is 0 Å². The lowest BCUT2D eigenvalue weighted by atomic mass is 10.1. The predicted octanol–water partition coefficient (Wildman–Crippen LogP) is 4.31. The van der Waals surface area contributed by atoms with Gasteiger partial charge in [-0.3, -0.25) is 0 Å². The monoisotopic (exact) mass is 305 g/mol. The van der Waals surface area contributed by atoms with Gasteiger partial charge in [0.15, 0.2) is 0 Å². The molecular weight excluding hydrogens is 289 g/mol. The smallest absolute Gasteiger partial charge is 0.142 e. The molecule has 0 heterocycles.